The zero-order valence-corrected chi connectivity index (χ0v) is 10.6. The molecule has 0 unspecified atom stereocenters. The second kappa shape index (κ2) is 6.13. The number of hydrogen-bond acceptors (Lipinski definition) is 2. The van der Waals surface area contributed by atoms with E-state index in [-0.39, 0.29) is 5.75 Å². The van der Waals surface area contributed by atoms with Crippen LogP contribution in [0.2, 0.25) is 0 Å². The van der Waals surface area contributed by atoms with Crippen LogP contribution in [-0.2, 0) is 4.79 Å². The zero-order chi connectivity index (χ0) is 15.4. The number of amides is 1. The van der Waals surface area contributed by atoms with Crippen molar-refractivity contribution in [2.45, 2.75) is 0 Å². The SMILES string of the molecule is O=C(/C=C/c1ccc(O)cc1)Nc1ccc(F)c(F)c1F. The van der Waals surface area contributed by atoms with Gasteiger partial charge in [0.15, 0.2) is 17.5 Å². The van der Waals surface area contributed by atoms with Crippen LogP contribution in [0.1, 0.15) is 5.56 Å². The smallest absolute Gasteiger partial charge is 0.248 e. The van der Waals surface area contributed by atoms with E-state index in [9.17, 15) is 18.0 Å². The average molecular weight is 293 g/mol. The molecule has 0 aliphatic carbocycles. The average Bonchev–Trinajstić information content (AvgIpc) is 2.47. The molecular weight excluding hydrogens is 283 g/mol. The fourth-order valence-electron chi connectivity index (χ4n) is 1.55. The Hall–Kier alpha value is -2.76. The maximum Gasteiger partial charge on any atom is 0.248 e. The van der Waals surface area contributed by atoms with Crippen LogP contribution in [0.15, 0.2) is 42.5 Å². The molecule has 21 heavy (non-hydrogen) atoms. The van der Waals surface area contributed by atoms with Crippen molar-refractivity contribution >= 4 is 17.7 Å². The van der Waals surface area contributed by atoms with E-state index in [4.69, 9.17) is 5.11 Å². The third kappa shape index (κ3) is 3.62. The minimum absolute atomic E-state index is 0.0838. The summed E-state index contributed by atoms with van der Waals surface area (Å²) in [4.78, 5) is 11.6. The molecule has 0 spiro atoms. The van der Waals surface area contributed by atoms with Crippen molar-refractivity contribution in [3.63, 3.8) is 0 Å². The van der Waals surface area contributed by atoms with E-state index in [0.29, 0.717) is 5.56 Å². The van der Waals surface area contributed by atoms with Gasteiger partial charge in [-0.2, -0.15) is 0 Å². The Bertz CT molecular complexity index is 697. The predicted molar refractivity (Wildman–Crippen MR) is 72.1 cm³/mol. The third-order valence-corrected chi connectivity index (χ3v) is 2.61. The molecule has 0 aliphatic heterocycles. The summed E-state index contributed by atoms with van der Waals surface area (Å²) in [6.07, 6.45) is 2.53. The molecule has 6 heteroatoms. The first-order chi connectivity index (χ1) is 9.97. The monoisotopic (exact) mass is 293 g/mol. The van der Waals surface area contributed by atoms with Gasteiger partial charge in [0, 0.05) is 6.08 Å². The molecule has 2 rings (SSSR count). The van der Waals surface area contributed by atoms with E-state index in [0.717, 1.165) is 18.2 Å². The number of phenols is 1. The Morgan fingerprint density at radius 2 is 1.67 bits per heavy atom. The number of carbonyl (C=O) groups excluding carboxylic acids is 1. The van der Waals surface area contributed by atoms with E-state index >= 15 is 0 Å². The number of hydrogen-bond donors (Lipinski definition) is 2. The Balaban J connectivity index is 2.08. The minimum atomic E-state index is -1.64. The minimum Gasteiger partial charge on any atom is -0.508 e. The van der Waals surface area contributed by atoms with E-state index in [2.05, 4.69) is 5.32 Å². The van der Waals surface area contributed by atoms with E-state index in [1.54, 1.807) is 12.1 Å². The lowest BCUT2D eigenvalue weighted by Gasteiger charge is -2.04. The van der Waals surface area contributed by atoms with Crippen molar-refractivity contribution in [3.05, 3.63) is 65.5 Å². The molecule has 0 bridgehead atoms. The van der Waals surface area contributed by atoms with Gasteiger partial charge in [0.1, 0.15) is 5.75 Å². The second-order valence-corrected chi connectivity index (χ2v) is 4.14. The maximum atomic E-state index is 13.3. The molecule has 2 aromatic rings. The number of carbonyl (C=O) groups is 1. The maximum absolute atomic E-state index is 13.3. The summed E-state index contributed by atoms with van der Waals surface area (Å²) in [7, 11) is 0. The molecule has 2 aromatic carbocycles. The van der Waals surface area contributed by atoms with Crippen LogP contribution in [0.25, 0.3) is 6.08 Å². The van der Waals surface area contributed by atoms with Crippen molar-refractivity contribution in [1.29, 1.82) is 0 Å². The van der Waals surface area contributed by atoms with Crippen molar-refractivity contribution in [1.82, 2.24) is 0 Å². The summed E-state index contributed by atoms with van der Waals surface area (Å²) in [5, 5.41) is 11.2. The van der Waals surface area contributed by atoms with Crippen LogP contribution in [0.5, 0.6) is 5.75 Å². The highest BCUT2D eigenvalue weighted by Gasteiger charge is 2.14. The van der Waals surface area contributed by atoms with Crippen molar-refractivity contribution in [2.75, 3.05) is 5.32 Å². The standard InChI is InChI=1S/C15H10F3NO2/c16-11-6-7-12(15(18)14(11)17)19-13(21)8-3-9-1-4-10(20)5-2-9/h1-8,20H,(H,19,21)/b8-3+. The van der Waals surface area contributed by atoms with Gasteiger partial charge in [-0.15, -0.1) is 0 Å². The lowest BCUT2D eigenvalue weighted by Crippen LogP contribution is -2.10. The largest absolute Gasteiger partial charge is 0.508 e. The molecule has 0 saturated heterocycles. The topological polar surface area (TPSA) is 49.3 Å². The van der Waals surface area contributed by atoms with Crippen LogP contribution >= 0.6 is 0 Å². The number of benzene rings is 2. The van der Waals surface area contributed by atoms with Crippen LogP contribution < -0.4 is 5.32 Å². The fraction of sp³-hybridized carbons (Fsp3) is 0. The van der Waals surface area contributed by atoms with E-state index in [1.165, 1.54) is 18.2 Å². The molecule has 0 aliphatic rings. The number of phenolic OH excluding ortho intramolecular Hbond substituents is 1. The molecule has 0 atom stereocenters. The first-order valence-corrected chi connectivity index (χ1v) is 5.89. The van der Waals surface area contributed by atoms with Crippen molar-refractivity contribution in [3.8, 4) is 5.75 Å². The quantitative estimate of drug-likeness (QED) is 0.672. The Labute approximate surface area is 118 Å². The summed E-state index contributed by atoms with van der Waals surface area (Å²) in [6.45, 7) is 0. The van der Waals surface area contributed by atoms with Gasteiger partial charge in [-0.05, 0) is 35.9 Å². The van der Waals surface area contributed by atoms with E-state index in [1.807, 2.05) is 0 Å². The highest BCUT2D eigenvalue weighted by atomic mass is 19.2. The zero-order valence-electron chi connectivity index (χ0n) is 10.6. The number of halogens is 3. The lowest BCUT2D eigenvalue weighted by molar-refractivity contribution is -0.111. The lowest BCUT2D eigenvalue weighted by atomic mass is 10.2. The first kappa shape index (κ1) is 14.6. The first-order valence-electron chi connectivity index (χ1n) is 5.89. The predicted octanol–water partition coefficient (Wildman–Crippen LogP) is 3.46. The summed E-state index contributed by atoms with van der Waals surface area (Å²) in [6, 6.07) is 7.66. The molecule has 0 aromatic heterocycles. The summed E-state index contributed by atoms with van der Waals surface area (Å²) in [5.74, 6) is -5.05. The molecule has 108 valence electrons. The van der Waals surface area contributed by atoms with Crippen LogP contribution in [0.3, 0.4) is 0 Å². The van der Waals surface area contributed by atoms with Gasteiger partial charge in [-0.1, -0.05) is 12.1 Å². The summed E-state index contributed by atoms with van der Waals surface area (Å²) >= 11 is 0. The summed E-state index contributed by atoms with van der Waals surface area (Å²) < 4.78 is 39.1. The molecule has 3 nitrogen and oxygen atoms in total. The number of aromatic hydroxyl groups is 1. The van der Waals surface area contributed by atoms with Crippen molar-refractivity contribution < 1.29 is 23.1 Å². The number of rotatable bonds is 3. The van der Waals surface area contributed by atoms with Crippen LogP contribution in [0.4, 0.5) is 18.9 Å². The molecule has 0 saturated carbocycles. The number of nitrogens with one attached hydrogen (secondary N) is 1. The molecular formula is C15H10F3NO2. The van der Waals surface area contributed by atoms with Gasteiger partial charge >= 0.3 is 0 Å². The molecule has 2 N–H and O–H groups in total. The second-order valence-electron chi connectivity index (χ2n) is 4.14. The van der Waals surface area contributed by atoms with E-state index < -0.39 is 29.0 Å². The Morgan fingerprint density at radius 1 is 1.00 bits per heavy atom. The Kier molecular flexibility index (Phi) is 4.27. The number of anilines is 1. The normalized spacial score (nSPS) is 10.8. The molecule has 0 fully saturated rings. The highest BCUT2D eigenvalue weighted by Crippen LogP contribution is 2.19. The van der Waals surface area contributed by atoms with Crippen molar-refractivity contribution in [2.24, 2.45) is 0 Å². The van der Waals surface area contributed by atoms with Gasteiger partial charge in [0.25, 0.3) is 0 Å². The van der Waals surface area contributed by atoms with Gasteiger partial charge < -0.3 is 10.4 Å². The van der Waals surface area contributed by atoms with Gasteiger partial charge in [-0.25, -0.2) is 13.2 Å². The van der Waals surface area contributed by atoms with Gasteiger partial charge in [0.05, 0.1) is 5.69 Å². The van der Waals surface area contributed by atoms with Crippen LogP contribution in [0, 0.1) is 17.5 Å². The Morgan fingerprint density at radius 3 is 2.33 bits per heavy atom. The molecule has 0 heterocycles. The summed E-state index contributed by atoms with van der Waals surface area (Å²) in [5.41, 5.74) is 0.183. The molecule has 0 radical (unpaired) electrons. The highest BCUT2D eigenvalue weighted by molar-refractivity contribution is 6.02. The van der Waals surface area contributed by atoms with Crippen LogP contribution in [-0.4, -0.2) is 11.0 Å². The fourth-order valence-corrected chi connectivity index (χ4v) is 1.55. The molecule has 1 amide bonds. The van der Waals surface area contributed by atoms with Gasteiger partial charge in [-0.3, -0.25) is 4.79 Å². The third-order valence-electron chi connectivity index (χ3n) is 2.61. The van der Waals surface area contributed by atoms with Gasteiger partial charge in [0.2, 0.25) is 5.91 Å².